The molecule has 12 rings (SSSR count). The van der Waals surface area contributed by atoms with E-state index < -0.39 is 11.6 Å². The second-order valence-electron chi connectivity index (χ2n) is 19.2. The summed E-state index contributed by atoms with van der Waals surface area (Å²) in [4.78, 5) is 0. The predicted octanol–water partition coefficient (Wildman–Crippen LogP) is 20.1. The third-order valence-corrected chi connectivity index (χ3v) is 14.4. The SMILES string of the molecule is Cc1ccc(-c2ccc(-c3c4ccc(-c5ccc(C)cc5F)cc4c(-c4ccccc4)c4c(-c5ccc(-c6ccc(C)cc6F)cc5)c5ccc(-c6ccc(F)cc6F)cc5c(-c5ccccc5)c34)cc2)c(F)c1. The third-order valence-electron chi connectivity index (χ3n) is 14.4. The van der Waals surface area contributed by atoms with E-state index in [0.717, 1.165) is 99.6 Å². The fraction of sp³-hybridized carbons (Fsp3) is 0.0435. The predicted molar refractivity (Wildman–Crippen MR) is 296 cm³/mol. The lowest BCUT2D eigenvalue weighted by Crippen LogP contribution is -1.99. The van der Waals surface area contributed by atoms with Gasteiger partial charge in [0.1, 0.15) is 29.1 Å². The maximum Gasteiger partial charge on any atom is 0.133 e. The molecule has 0 N–H and O–H groups in total. The molecule has 0 aromatic heterocycles. The summed E-state index contributed by atoms with van der Waals surface area (Å²) in [7, 11) is 0. The fourth-order valence-corrected chi connectivity index (χ4v) is 10.9. The van der Waals surface area contributed by atoms with Gasteiger partial charge in [-0.25, -0.2) is 22.0 Å². The molecule has 0 nitrogen and oxygen atoms in total. The first kappa shape index (κ1) is 46.2. The van der Waals surface area contributed by atoms with E-state index in [4.69, 9.17) is 0 Å². The first-order valence-electron chi connectivity index (χ1n) is 24.6. The second-order valence-corrected chi connectivity index (χ2v) is 19.2. The minimum atomic E-state index is -0.686. The molecule has 0 radical (unpaired) electrons. The van der Waals surface area contributed by atoms with Gasteiger partial charge in [0.05, 0.1) is 0 Å². The molecule has 0 aliphatic rings. The standard InChI is InChI=1S/C69H45F5/c1-40-14-28-52(60(71)34-40)43-17-21-47(22-18-43)64-56-31-25-49(54-30-16-42(3)36-62(54)73)37-58(56)66(45-10-6-4-7-11-45)68-65(48-23-19-44(20-24-48)53-29-15-41(2)35-61(53)72)57-32-26-50(55-33-27-51(70)39-63(55)74)38-59(57)67(69(64)68)46-12-8-5-9-13-46/h4-39H,1-3H3. The van der Waals surface area contributed by atoms with Crippen molar-refractivity contribution in [3.63, 3.8) is 0 Å². The molecule has 0 bridgehead atoms. The molecule has 5 heteroatoms. The molecule has 0 atom stereocenters. The molecule has 12 aromatic carbocycles. The van der Waals surface area contributed by atoms with Gasteiger partial charge in [0, 0.05) is 28.3 Å². The first-order valence-corrected chi connectivity index (χ1v) is 24.6. The minimum Gasteiger partial charge on any atom is -0.207 e. The van der Waals surface area contributed by atoms with Crippen LogP contribution in [0.1, 0.15) is 16.7 Å². The van der Waals surface area contributed by atoms with E-state index in [2.05, 4.69) is 36.4 Å². The van der Waals surface area contributed by atoms with Gasteiger partial charge in [0.25, 0.3) is 0 Å². The Bertz CT molecular complexity index is 3910. The highest BCUT2D eigenvalue weighted by molar-refractivity contribution is 6.34. The Morgan fingerprint density at radius 1 is 0.230 bits per heavy atom. The number of hydrogen-bond donors (Lipinski definition) is 0. The molecule has 74 heavy (non-hydrogen) atoms. The Kier molecular flexibility index (Phi) is 11.6. The van der Waals surface area contributed by atoms with E-state index in [0.29, 0.717) is 38.9 Å². The lowest BCUT2D eigenvalue weighted by molar-refractivity contribution is 0.585. The second kappa shape index (κ2) is 18.6. The van der Waals surface area contributed by atoms with Crippen molar-refractivity contribution >= 4 is 32.3 Å². The molecule has 0 saturated heterocycles. The molecular formula is C69H45F5. The zero-order valence-corrected chi connectivity index (χ0v) is 40.7. The summed E-state index contributed by atoms with van der Waals surface area (Å²) in [6.45, 7) is 5.60. The van der Waals surface area contributed by atoms with Crippen molar-refractivity contribution in [3.8, 4) is 89.0 Å². The van der Waals surface area contributed by atoms with Crippen LogP contribution < -0.4 is 0 Å². The first-order chi connectivity index (χ1) is 36.0. The van der Waals surface area contributed by atoms with Gasteiger partial charge < -0.3 is 0 Å². The fourth-order valence-electron chi connectivity index (χ4n) is 10.9. The van der Waals surface area contributed by atoms with Crippen LogP contribution in [0.5, 0.6) is 0 Å². The Morgan fingerprint density at radius 2 is 0.527 bits per heavy atom. The number of halogens is 5. The number of rotatable bonds is 8. The number of benzene rings is 12. The Labute approximate surface area is 426 Å². The van der Waals surface area contributed by atoms with Crippen LogP contribution in [0.25, 0.3) is 121 Å². The van der Waals surface area contributed by atoms with Crippen LogP contribution in [0.2, 0.25) is 0 Å². The minimum absolute atomic E-state index is 0.247. The van der Waals surface area contributed by atoms with Crippen molar-refractivity contribution < 1.29 is 22.0 Å². The van der Waals surface area contributed by atoms with Crippen molar-refractivity contribution in [3.05, 3.63) is 264 Å². The largest absolute Gasteiger partial charge is 0.207 e. The molecule has 0 spiro atoms. The lowest BCUT2D eigenvalue weighted by Gasteiger charge is -2.26. The molecule has 0 aliphatic heterocycles. The Morgan fingerprint density at radius 3 is 0.892 bits per heavy atom. The molecule has 0 saturated carbocycles. The Balaban J connectivity index is 1.30. The van der Waals surface area contributed by atoms with Gasteiger partial charge in [0.2, 0.25) is 0 Å². The van der Waals surface area contributed by atoms with Gasteiger partial charge in [-0.05, 0) is 179 Å². The van der Waals surface area contributed by atoms with Crippen molar-refractivity contribution in [1.29, 1.82) is 0 Å². The molecule has 0 amide bonds. The number of fused-ring (bicyclic) bond motifs is 3. The highest BCUT2D eigenvalue weighted by atomic mass is 19.1. The summed E-state index contributed by atoms with van der Waals surface area (Å²) >= 11 is 0. The van der Waals surface area contributed by atoms with Crippen molar-refractivity contribution in [2.45, 2.75) is 20.8 Å². The smallest absolute Gasteiger partial charge is 0.133 e. The number of hydrogen-bond acceptors (Lipinski definition) is 0. The quantitative estimate of drug-likeness (QED) is 0.105. The highest BCUT2D eigenvalue weighted by Gasteiger charge is 2.27. The van der Waals surface area contributed by atoms with E-state index in [1.54, 1.807) is 18.2 Å². The van der Waals surface area contributed by atoms with Crippen LogP contribution >= 0.6 is 0 Å². The molecule has 356 valence electrons. The van der Waals surface area contributed by atoms with Crippen molar-refractivity contribution in [2.24, 2.45) is 0 Å². The van der Waals surface area contributed by atoms with Crippen molar-refractivity contribution in [1.82, 2.24) is 0 Å². The van der Waals surface area contributed by atoms with Crippen LogP contribution in [0.15, 0.2) is 218 Å². The van der Waals surface area contributed by atoms with Crippen LogP contribution in [-0.2, 0) is 0 Å². The molecule has 12 aromatic rings. The van der Waals surface area contributed by atoms with E-state index in [9.17, 15) is 4.39 Å². The maximum absolute atomic E-state index is 16.2. The summed E-state index contributed by atoms with van der Waals surface area (Å²) in [5.74, 6) is -2.32. The maximum atomic E-state index is 16.2. The summed E-state index contributed by atoms with van der Waals surface area (Å²) in [6.07, 6.45) is 0. The topological polar surface area (TPSA) is 0 Å². The van der Waals surface area contributed by atoms with Crippen LogP contribution in [0.3, 0.4) is 0 Å². The zero-order chi connectivity index (χ0) is 50.8. The van der Waals surface area contributed by atoms with E-state index >= 15 is 17.6 Å². The van der Waals surface area contributed by atoms with Gasteiger partial charge >= 0.3 is 0 Å². The van der Waals surface area contributed by atoms with Gasteiger partial charge in [-0.1, -0.05) is 170 Å². The lowest BCUT2D eigenvalue weighted by atomic mass is 9.76. The molecular weight excluding hydrogens is 924 g/mol. The molecule has 0 unspecified atom stereocenters. The van der Waals surface area contributed by atoms with E-state index in [1.165, 1.54) is 24.3 Å². The summed E-state index contributed by atoms with van der Waals surface area (Å²) in [6, 6.07) is 67.7. The van der Waals surface area contributed by atoms with Gasteiger partial charge in [-0.3, -0.25) is 0 Å². The molecule has 0 aliphatic carbocycles. The van der Waals surface area contributed by atoms with Crippen molar-refractivity contribution in [2.75, 3.05) is 0 Å². The van der Waals surface area contributed by atoms with Gasteiger partial charge in [-0.2, -0.15) is 0 Å². The summed E-state index contributed by atoms with van der Waals surface area (Å²) < 4.78 is 78.0. The highest BCUT2D eigenvalue weighted by Crippen LogP contribution is 2.55. The normalized spacial score (nSPS) is 11.5. The summed E-state index contributed by atoms with van der Waals surface area (Å²) in [5.41, 5.74) is 13.8. The average Bonchev–Trinajstić information content (AvgIpc) is 3.40. The van der Waals surface area contributed by atoms with Gasteiger partial charge in [0.15, 0.2) is 0 Å². The monoisotopic (exact) mass is 968 g/mol. The van der Waals surface area contributed by atoms with E-state index in [1.807, 2.05) is 154 Å². The van der Waals surface area contributed by atoms with Crippen LogP contribution in [0, 0.1) is 49.9 Å². The third kappa shape index (κ3) is 8.11. The van der Waals surface area contributed by atoms with E-state index in [-0.39, 0.29) is 23.0 Å². The number of aryl methyl sites for hydroxylation is 3. The van der Waals surface area contributed by atoms with Gasteiger partial charge in [-0.15, -0.1) is 0 Å². The molecule has 0 fully saturated rings. The molecule has 0 heterocycles. The zero-order valence-electron chi connectivity index (χ0n) is 40.7. The Hall–Kier alpha value is -8.93. The van der Waals surface area contributed by atoms with Crippen LogP contribution in [-0.4, -0.2) is 0 Å². The average molecular weight is 969 g/mol. The van der Waals surface area contributed by atoms with Crippen LogP contribution in [0.4, 0.5) is 22.0 Å². The summed E-state index contributed by atoms with van der Waals surface area (Å²) in [5, 5.41) is 5.20.